The minimum Gasteiger partial charge on any atom is -0.497 e. The number of nitrogens with zero attached hydrogens (tertiary/aromatic N) is 3. The van der Waals surface area contributed by atoms with Gasteiger partial charge in [0.05, 0.1) is 7.11 Å². The third kappa shape index (κ3) is 3.06. The van der Waals surface area contributed by atoms with Crippen molar-refractivity contribution in [1.82, 2.24) is 14.4 Å². The summed E-state index contributed by atoms with van der Waals surface area (Å²) in [7, 11) is 5.83. The average molecular weight is 315 g/mol. The number of carbonyl (C=O) groups is 1. The summed E-state index contributed by atoms with van der Waals surface area (Å²) in [5, 5.41) is 1.10. The van der Waals surface area contributed by atoms with E-state index in [0.29, 0.717) is 18.5 Å². The first-order valence-electron chi connectivity index (χ1n) is 8.06. The first kappa shape index (κ1) is 15.9. The second-order valence-electron chi connectivity index (χ2n) is 6.68. The van der Waals surface area contributed by atoms with E-state index in [1.807, 2.05) is 39.9 Å². The summed E-state index contributed by atoms with van der Waals surface area (Å²) in [6, 6.07) is 8.42. The largest absolute Gasteiger partial charge is 0.497 e. The molecule has 0 saturated carbocycles. The predicted octanol–water partition coefficient (Wildman–Crippen LogP) is 2.06. The predicted molar refractivity (Wildman–Crippen MR) is 91.7 cm³/mol. The monoisotopic (exact) mass is 315 g/mol. The fourth-order valence-electron chi connectivity index (χ4n) is 3.51. The Labute approximate surface area is 137 Å². The van der Waals surface area contributed by atoms with Gasteiger partial charge in [0.15, 0.2) is 0 Å². The molecular weight excluding hydrogens is 290 g/mol. The van der Waals surface area contributed by atoms with Crippen molar-refractivity contribution in [2.45, 2.75) is 19.5 Å². The van der Waals surface area contributed by atoms with Gasteiger partial charge >= 0.3 is 0 Å². The molecule has 2 atom stereocenters. The molecule has 2 heterocycles. The van der Waals surface area contributed by atoms with Crippen LogP contribution < -0.4 is 4.74 Å². The Morgan fingerprint density at radius 2 is 2.09 bits per heavy atom. The van der Waals surface area contributed by atoms with Crippen molar-refractivity contribution in [2.24, 2.45) is 5.92 Å². The van der Waals surface area contributed by atoms with Gasteiger partial charge in [-0.1, -0.05) is 6.92 Å². The first-order chi connectivity index (χ1) is 11.0. The normalized spacial score (nSPS) is 21.3. The lowest BCUT2D eigenvalue weighted by Gasteiger charge is -2.22. The lowest BCUT2D eigenvalue weighted by atomic mass is 10.1. The lowest BCUT2D eigenvalue weighted by Crippen LogP contribution is -2.36. The van der Waals surface area contributed by atoms with Crippen LogP contribution in [0.25, 0.3) is 10.9 Å². The number of hydrogen-bond donors (Lipinski definition) is 0. The second kappa shape index (κ2) is 6.24. The second-order valence-corrected chi connectivity index (χ2v) is 6.68. The van der Waals surface area contributed by atoms with Gasteiger partial charge in [0.1, 0.15) is 12.3 Å². The first-order valence-corrected chi connectivity index (χ1v) is 8.06. The summed E-state index contributed by atoms with van der Waals surface area (Å²) in [5.41, 5.74) is 1.07. The molecule has 1 amide bonds. The quantitative estimate of drug-likeness (QED) is 0.867. The number of aromatic nitrogens is 1. The van der Waals surface area contributed by atoms with E-state index < -0.39 is 0 Å². The van der Waals surface area contributed by atoms with E-state index in [2.05, 4.69) is 25.9 Å². The molecule has 0 unspecified atom stereocenters. The number of likely N-dealkylation sites (tertiary alicyclic amines) is 1. The Morgan fingerprint density at radius 1 is 1.30 bits per heavy atom. The standard InChI is InChI=1S/C18H25N3O2/c1-13-10-21(11-17(13)19(2)3)18(22)12-20-8-7-14-9-15(23-4)5-6-16(14)20/h5-9,13,17H,10-12H2,1-4H3/t13-,17+/m0/s1. The minimum atomic E-state index is 0.189. The van der Waals surface area contributed by atoms with E-state index in [1.54, 1.807) is 7.11 Å². The van der Waals surface area contributed by atoms with Crippen LogP contribution in [-0.2, 0) is 11.3 Å². The molecule has 0 bridgehead atoms. The molecular formula is C18H25N3O2. The van der Waals surface area contributed by atoms with Crippen molar-refractivity contribution in [3.63, 3.8) is 0 Å². The van der Waals surface area contributed by atoms with Crippen LogP contribution in [0.15, 0.2) is 30.5 Å². The van der Waals surface area contributed by atoms with Crippen molar-refractivity contribution < 1.29 is 9.53 Å². The molecule has 2 aromatic rings. The maximum Gasteiger partial charge on any atom is 0.242 e. The highest BCUT2D eigenvalue weighted by Crippen LogP contribution is 2.23. The zero-order chi connectivity index (χ0) is 16.6. The van der Waals surface area contributed by atoms with Crippen LogP contribution in [0.3, 0.4) is 0 Å². The van der Waals surface area contributed by atoms with Crippen molar-refractivity contribution >= 4 is 16.8 Å². The van der Waals surface area contributed by atoms with Crippen LogP contribution in [0, 0.1) is 5.92 Å². The fourth-order valence-corrected chi connectivity index (χ4v) is 3.51. The molecule has 1 fully saturated rings. The zero-order valence-electron chi connectivity index (χ0n) is 14.3. The van der Waals surface area contributed by atoms with Crippen LogP contribution >= 0.6 is 0 Å². The van der Waals surface area contributed by atoms with E-state index in [-0.39, 0.29) is 5.91 Å². The van der Waals surface area contributed by atoms with Crippen molar-refractivity contribution in [2.75, 3.05) is 34.3 Å². The molecule has 5 heteroatoms. The van der Waals surface area contributed by atoms with Gasteiger partial charge in [-0.05, 0) is 44.3 Å². The van der Waals surface area contributed by atoms with Gasteiger partial charge in [-0.3, -0.25) is 4.79 Å². The Kier molecular flexibility index (Phi) is 4.31. The number of ether oxygens (including phenoxy) is 1. The van der Waals surface area contributed by atoms with Crippen molar-refractivity contribution in [3.8, 4) is 5.75 Å². The zero-order valence-corrected chi connectivity index (χ0v) is 14.3. The Morgan fingerprint density at radius 3 is 2.74 bits per heavy atom. The summed E-state index contributed by atoms with van der Waals surface area (Å²) in [6.45, 7) is 4.27. The molecule has 0 N–H and O–H groups in total. The van der Waals surface area contributed by atoms with E-state index in [4.69, 9.17) is 4.74 Å². The van der Waals surface area contributed by atoms with Gasteiger partial charge in [0.25, 0.3) is 0 Å². The van der Waals surface area contributed by atoms with E-state index in [1.165, 1.54) is 0 Å². The summed E-state index contributed by atoms with van der Waals surface area (Å²) in [5.74, 6) is 1.54. The lowest BCUT2D eigenvalue weighted by molar-refractivity contribution is -0.130. The van der Waals surface area contributed by atoms with Crippen LogP contribution in [0.1, 0.15) is 6.92 Å². The molecule has 1 aromatic heterocycles. The van der Waals surface area contributed by atoms with E-state index in [9.17, 15) is 4.79 Å². The number of carbonyl (C=O) groups excluding carboxylic acids is 1. The highest BCUT2D eigenvalue weighted by Gasteiger charge is 2.33. The Balaban J connectivity index is 1.74. The van der Waals surface area contributed by atoms with Gasteiger partial charge in [0.2, 0.25) is 5.91 Å². The molecule has 5 nitrogen and oxygen atoms in total. The minimum absolute atomic E-state index is 0.189. The highest BCUT2D eigenvalue weighted by molar-refractivity contribution is 5.84. The van der Waals surface area contributed by atoms with E-state index in [0.717, 1.165) is 29.7 Å². The van der Waals surface area contributed by atoms with Crippen LogP contribution in [0.4, 0.5) is 0 Å². The molecule has 0 spiro atoms. The Bertz CT molecular complexity index is 707. The third-order valence-corrected chi connectivity index (χ3v) is 4.87. The van der Waals surface area contributed by atoms with Gasteiger partial charge in [-0.15, -0.1) is 0 Å². The number of fused-ring (bicyclic) bond motifs is 1. The Hall–Kier alpha value is -2.01. The van der Waals surface area contributed by atoms with Crippen LogP contribution in [-0.4, -0.2) is 60.6 Å². The molecule has 1 aromatic carbocycles. The van der Waals surface area contributed by atoms with Crippen LogP contribution in [0.2, 0.25) is 0 Å². The molecule has 1 saturated heterocycles. The SMILES string of the molecule is COc1ccc2c(ccn2CC(=O)N2C[C@@H](N(C)C)[C@@H](C)C2)c1. The smallest absolute Gasteiger partial charge is 0.242 e. The molecule has 3 rings (SSSR count). The van der Waals surface area contributed by atoms with Gasteiger partial charge in [-0.25, -0.2) is 0 Å². The molecule has 0 aliphatic carbocycles. The molecule has 1 aliphatic heterocycles. The fraction of sp³-hybridized carbons (Fsp3) is 0.500. The molecule has 1 aliphatic rings. The maximum absolute atomic E-state index is 12.7. The number of hydrogen-bond acceptors (Lipinski definition) is 3. The topological polar surface area (TPSA) is 37.7 Å². The van der Waals surface area contributed by atoms with Crippen molar-refractivity contribution in [3.05, 3.63) is 30.5 Å². The van der Waals surface area contributed by atoms with E-state index >= 15 is 0 Å². The summed E-state index contributed by atoms with van der Waals surface area (Å²) in [6.07, 6.45) is 1.98. The number of benzene rings is 1. The highest BCUT2D eigenvalue weighted by atomic mass is 16.5. The average Bonchev–Trinajstić information content (AvgIpc) is 3.10. The summed E-state index contributed by atoms with van der Waals surface area (Å²) in [4.78, 5) is 16.9. The number of rotatable bonds is 4. The van der Waals surface area contributed by atoms with Crippen molar-refractivity contribution in [1.29, 1.82) is 0 Å². The number of methoxy groups -OCH3 is 1. The van der Waals surface area contributed by atoms with Gasteiger partial charge in [0, 0.05) is 36.2 Å². The summed E-state index contributed by atoms with van der Waals surface area (Å²) < 4.78 is 7.27. The number of likely N-dealkylation sites (N-methyl/N-ethyl adjacent to an activating group) is 1. The molecule has 124 valence electrons. The molecule has 23 heavy (non-hydrogen) atoms. The summed E-state index contributed by atoms with van der Waals surface area (Å²) >= 11 is 0. The molecule has 0 radical (unpaired) electrons. The van der Waals surface area contributed by atoms with Gasteiger partial charge < -0.3 is 19.1 Å². The maximum atomic E-state index is 12.7. The third-order valence-electron chi connectivity index (χ3n) is 4.87. The number of amides is 1. The van der Waals surface area contributed by atoms with Gasteiger partial charge in [-0.2, -0.15) is 0 Å². The van der Waals surface area contributed by atoms with Crippen LogP contribution in [0.5, 0.6) is 5.75 Å².